The number of aliphatic hydroxyl groups excluding tert-OH is 1. The molecule has 1 aliphatic rings. The van der Waals surface area contributed by atoms with E-state index in [-0.39, 0.29) is 24.2 Å². The van der Waals surface area contributed by atoms with Crippen LogP contribution in [0.1, 0.15) is 36.8 Å². The smallest absolute Gasteiger partial charge is 0.410 e. The predicted octanol–water partition coefficient (Wildman–Crippen LogP) is 6.80. The van der Waals surface area contributed by atoms with E-state index in [4.69, 9.17) is 20.8 Å². The first-order valence-corrected chi connectivity index (χ1v) is 12.5. The summed E-state index contributed by atoms with van der Waals surface area (Å²) in [6.45, 7) is 6.29. The lowest BCUT2D eigenvalue weighted by molar-refractivity contribution is 0.0227. The van der Waals surface area contributed by atoms with Crippen molar-refractivity contribution in [1.82, 2.24) is 9.88 Å². The normalized spacial score (nSPS) is 13.8. The molecule has 2 aromatic carbocycles. The molecule has 1 amide bonds. The predicted molar refractivity (Wildman–Crippen MR) is 134 cm³/mol. The van der Waals surface area contributed by atoms with Gasteiger partial charge in [0.05, 0.1) is 23.7 Å². The summed E-state index contributed by atoms with van der Waals surface area (Å²) in [4.78, 5) is 19.6. The number of ether oxygens (including phenoxy) is 1. The fourth-order valence-electron chi connectivity index (χ4n) is 4.19. The lowest BCUT2D eigenvalue weighted by Crippen LogP contribution is -2.39. The third kappa shape index (κ3) is 4.53. The van der Waals surface area contributed by atoms with E-state index >= 15 is 4.39 Å². The molecule has 0 bridgehead atoms. The Balaban J connectivity index is 1.48. The van der Waals surface area contributed by atoms with Crippen LogP contribution in [0.25, 0.3) is 33.7 Å². The Hall–Kier alpha value is -2.94. The maximum atomic E-state index is 15.8. The third-order valence-corrected chi connectivity index (χ3v) is 7.10. The second kappa shape index (κ2) is 8.93. The highest BCUT2D eigenvalue weighted by Crippen LogP contribution is 2.40. The van der Waals surface area contributed by atoms with Crippen molar-refractivity contribution in [2.24, 2.45) is 0 Å². The number of rotatable bonds is 3. The molecule has 0 spiro atoms. The summed E-state index contributed by atoms with van der Waals surface area (Å²) >= 11 is 7.78. The second-order valence-corrected chi connectivity index (χ2v) is 10.8. The van der Waals surface area contributed by atoms with E-state index in [9.17, 15) is 9.90 Å². The Morgan fingerprint density at radius 1 is 1.29 bits per heavy atom. The number of oxazole rings is 1. The van der Waals surface area contributed by atoms with Gasteiger partial charge in [-0.25, -0.2) is 14.2 Å². The molecule has 0 unspecified atom stereocenters. The fourth-order valence-corrected chi connectivity index (χ4v) is 5.58. The van der Waals surface area contributed by atoms with Gasteiger partial charge in [-0.05, 0) is 67.5 Å². The highest BCUT2D eigenvalue weighted by atomic mass is 35.5. The summed E-state index contributed by atoms with van der Waals surface area (Å²) in [5.41, 5.74) is 3.37. The number of nitrogens with zero attached hydrogens (tertiary/aromatic N) is 2. The summed E-state index contributed by atoms with van der Waals surface area (Å²) in [6, 6.07) is 8.39. The van der Waals surface area contributed by atoms with Crippen molar-refractivity contribution in [1.29, 1.82) is 0 Å². The van der Waals surface area contributed by atoms with E-state index in [1.165, 1.54) is 11.3 Å². The van der Waals surface area contributed by atoms with Crippen LogP contribution in [0.2, 0.25) is 5.02 Å². The average molecular weight is 515 g/mol. The van der Waals surface area contributed by atoms with Gasteiger partial charge in [0, 0.05) is 17.0 Å². The van der Waals surface area contributed by atoms with Crippen LogP contribution in [0, 0.1) is 5.82 Å². The zero-order valence-corrected chi connectivity index (χ0v) is 21.1. The summed E-state index contributed by atoms with van der Waals surface area (Å²) in [6.07, 6.45) is 0.268. The van der Waals surface area contributed by atoms with Gasteiger partial charge in [-0.3, -0.25) is 0 Å². The van der Waals surface area contributed by atoms with Crippen LogP contribution in [0.15, 0.2) is 40.1 Å². The van der Waals surface area contributed by atoms with Crippen LogP contribution >= 0.6 is 22.9 Å². The zero-order valence-electron chi connectivity index (χ0n) is 19.5. The van der Waals surface area contributed by atoms with Gasteiger partial charge in [0.1, 0.15) is 16.9 Å². The van der Waals surface area contributed by atoms with Gasteiger partial charge in [-0.15, -0.1) is 11.3 Å². The molecule has 2 aromatic heterocycles. The number of amides is 1. The third-order valence-electron chi connectivity index (χ3n) is 5.81. The minimum atomic E-state index is -0.559. The SMILES string of the molecule is CC(C)(C)OC(=O)N1CCc2c(-c3cccc(-c4nc5cc(CO)cc(Cl)c5o4)c3F)csc2C1. The van der Waals surface area contributed by atoms with Crippen LogP contribution in [0.5, 0.6) is 0 Å². The number of benzene rings is 2. The van der Waals surface area contributed by atoms with Crippen molar-refractivity contribution in [3.05, 3.63) is 62.6 Å². The van der Waals surface area contributed by atoms with Crippen LogP contribution in [-0.2, 0) is 24.3 Å². The van der Waals surface area contributed by atoms with Gasteiger partial charge in [0.15, 0.2) is 5.58 Å². The maximum Gasteiger partial charge on any atom is 0.410 e. The first-order chi connectivity index (χ1) is 16.6. The van der Waals surface area contributed by atoms with Gasteiger partial charge < -0.3 is 19.2 Å². The summed E-state index contributed by atoms with van der Waals surface area (Å²) in [7, 11) is 0. The molecule has 1 aliphatic heterocycles. The van der Waals surface area contributed by atoms with Gasteiger partial charge >= 0.3 is 6.09 Å². The molecule has 35 heavy (non-hydrogen) atoms. The Bertz CT molecular complexity index is 1440. The lowest BCUT2D eigenvalue weighted by atomic mass is 9.96. The zero-order chi connectivity index (χ0) is 24.9. The van der Waals surface area contributed by atoms with Crippen molar-refractivity contribution in [3.63, 3.8) is 0 Å². The fraction of sp³-hybridized carbons (Fsp3) is 0.308. The molecule has 0 fully saturated rings. The number of hydrogen-bond acceptors (Lipinski definition) is 6. The van der Waals surface area contributed by atoms with Crippen molar-refractivity contribution < 1.29 is 23.4 Å². The lowest BCUT2D eigenvalue weighted by Gasteiger charge is -2.30. The second-order valence-electron chi connectivity index (χ2n) is 9.47. The first-order valence-electron chi connectivity index (χ1n) is 11.2. The molecule has 3 heterocycles. The molecule has 0 radical (unpaired) electrons. The molecule has 0 saturated heterocycles. The number of carbonyl (C=O) groups excluding carboxylic acids is 1. The van der Waals surface area contributed by atoms with E-state index in [0.717, 1.165) is 16.0 Å². The first kappa shape index (κ1) is 23.8. The Kier molecular flexibility index (Phi) is 6.07. The molecule has 0 aliphatic carbocycles. The standard InChI is InChI=1S/C26H24ClFN2O4S/c1-26(2,3)34-25(32)30-8-7-15-18(13-35-21(15)11-30)16-5-4-6-17(22(16)28)24-29-20-10-14(12-31)9-19(27)23(20)33-24/h4-6,9-10,13,31H,7-8,11-12H2,1-3H3. The Labute approximate surface area is 210 Å². The minimum Gasteiger partial charge on any atom is -0.444 e. The van der Waals surface area contributed by atoms with Crippen LogP contribution in [0.3, 0.4) is 0 Å². The number of fused-ring (bicyclic) bond motifs is 2. The maximum absolute atomic E-state index is 15.8. The molecule has 0 atom stereocenters. The Morgan fingerprint density at radius 3 is 2.80 bits per heavy atom. The number of thiophene rings is 1. The summed E-state index contributed by atoms with van der Waals surface area (Å²) in [5.74, 6) is -0.315. The van der Waals surface area contributed by atoms with E-state index in [1.807, 2.05) is 26.2 Å². The Morgan fingerprint density at radius 2 is 2.06 bits per heavy atom. The van der Waals surface area contributed by atoms with Crippen LogP contribution in [0.4, 0.5) is 9.18 Å². The van der Waals surface area contributed by atoms with Crippen molar-refractivity contribution in [2.45, 2.75) is 45.9 Å². The van der Waals surface area contributed by atoms with Gasteiger partial charge in [0.25, 0.3) is 0 Å². The van der Waals surface area contributed by atoms with Crippen LogP contribution < -0.4 is 0 Å². The molecular formula is C26H24ClFN2O4S. The topological polar surface area (TPSA) is 75.8 Å². The van der Waals surface area contributed by atoms with Crippen LogP contribution in [-0.4, -0.2) is 33.2 Å². The minimum absolute atomic E-state index is 0.122. The number of aromatic nitrogens is 1. The molecule has 6 nitrogen and oxygen atoms in total. The largest absolute Gasteiger partial charge is 0.444 e. The van der Waals surface area contributed by atoms with E-state index in [1.54, 1.807) is 35.2 Å². The van der Waals surface area contributed by atoms with Crippen molar-refractivity contribution >= 4 is 40.1 Å². The molecule has 5 rings (SSSR count). The summed E-state index contributed by atoms with van der Waals surface area (Å²) in [5, 5.41) is 11.7. The molecule has 4 aromatic rings. The number of halogens is 2. The number of carbonyl (C=O) groups is 1. The highest BCUT2D eigenvalue weighted by molar-refractivity contribution is 7.10. The van der Waals surface area contributed by atoms with Crippen molar-refractivity contribution in [3.8, 4) is 22.6 Å². The average Bonchev–Trinajstić information content (AvgIpc) is 3.42. The highest BCUT2D eigenvalue weighted by Gasteiger charge is 2.29. The van der Waals surface area contributed by atoms with E-state index in [0.29, 0.717) is 46.8 Å². The molecule has 0 saturated carbocycles. The molecule has 9 heteroatoms. The molecular weight excluding hydrogens is 491 g/mol. The quantitative estimate of drug-likeness (QED) is 0.325. The van der Waals surface area contributed by atoms with Crippen molar-refractivity contribution in [2.75, 3.05) is 6.54 Å². The molecule has 1 N–H and O–H groups in total. The summed E-state index contributed by atoms with van der Waals surface area (Å²) < 4.78 is 27.1. The number of hydrogen-bond donors (Lipinski definition) is 1. The van der Waals surface area contributed by atoms with Gasteiger partial charge in [-0.1, -0.05) is 23.7 Å². The van der Waals surface area contributed by atoms with Gasteiger partial charge in [0.2, 0.25) is 5.89 Å². The molecule has 182 valence electrons. The van der Waals surface area contributed by atoms with E-state index in [2.05, 4.69) is 4.98 Å². The monoisotopic (exact) mass is 514 g/mol. The van der Waals surface area contributed by atoms with E-state index < -0.39 is 11.4 Å². The van der Waals surface area contributed by atoms with Gasteiger partial charge in [-0.2, -0.15) is 0 Å². The number of aliphatic hydroxyl groups is 1.